The first kappa shape index (κ1) is 13.6. The number of H-pyrrole nitrogens is 1. The Bertz CT molecular complexity index is 324. The summed E-state index contributed by atoms with van der Waals surface area (Å²) < 4.78 is 0. The zero-order chi connectivity index (χ0) is 12.8. The van der Waals surface area contributed by atoms with Crippen molar-refractivity contribution < 1.29 is 4.79 Å². The van der Waals surface area contributed by atoms with Crippen LogP contribution in [0, 0.1) is 5.92 Å². The van der Waals surface area contributed by atoms with Crippen LogP contribution < -0.4 is 5.32 Å². The van der Waals surface area contributed by atoms with E-state index in [1.54, 1.807) is 0 Å². The summed E-state index contributed by atoms with van der Waals surface area (Å²) in [5.41, 5.74) is 0. The summed E-state index contributed by atoms with van der Waals surface area (Å²) in [6.45, 7) is 5.10. The highest BCUT2D eigenvalue weighted by Crippen LogP contribution is 2.06. The van der Waals surface area contributed by atoms with Crippen molar-refractivity contribution in [2.75, 3.05) is 20.6 Å². The number of nitrogens with zero attached hydrogens (tertiary/aromatic N) is 3. The molecule has 0 spiro atoms. The molecule has 0 aliphatic rings. The standard InChI is InChI=1S/C11H21N5O/c1-8(2)5-9(6-16(3)4)14-11(17)10-12-7-13-15-10/h7-9H,5-6H2,1-4H3,(H,14,17)(H,12,13,15). The Kier molecular flexibility index (Phi) is 5.09. The molecule has 2 N–H and O–H groups in total. The van der Waals surface area contributed by atoms with Crippen LogP contribution in [0.2, 0.25) is 0 Å². The van der Waals surface area contributed by atoms with Crippen molar-refractivity contribution >= 4 is 5.91 Å². The van der Waals surface area contributed by atoms with Crippen molar-refractivity contribution in [1.82, 2.24) is 25.4 Å². The lowest BCUT2D eigenvalue weighted by molar-refractivity contribution is 0.0914. The molecule has 6 nitrogen and oxygen atoms in total. The number of amides is 1. The first-order valence-corrected chi connectivity index (χ1v) is 5.80. The number of hydrogen-bond acceptors (Lipinski definition) is 4. The highest BCUT2D eigenvalue weighted by Gasteiger charge is 2.17. The maximum absolute atomic E-state index is 11.8. The third kappa shape index (κ3) is 4.95. The van der Waals surface area contributed by atoms with Crippen LogP contribution in [0.1, 0.15) is 30.9 Å². The monoisotopic (exact) mass is 239 g/mol. The minimum absolute atomic E-state index is 0.127. The lowest BCUT2D eigenvalue weighted by Crippen LogP contribution is -2.42. The Morgan fingerprint density at radius 2 is 2.24 bits per heavy atom. The topological polar surface area (TPSA) is 73.9 Å². The summed E-state index contributed by atoms with van der Waals surface area (Å²) in [6, 6.07) is 0.127. The quantitative estimate of drug-likeness (QED) is 0.758. The maximum atomic E-state index is 11.8. The minimum atomic E-state index is -0.199. The summed E-state index contributed by atoms with van der Waals surface area (Å²) >= 11 is 0. The van der Waals surface area contributed by atoms with Crippen molar-refractivity contribution in [3.8, 4) is 0 Å². The van der Waals surface area contributed by atoms with Crippen LogP contribution >= 0.6 is 0 Å². The molecule has 0 aromatic carbocycles. The summed E-state index contributed by atoms with van der Waals surface area (Å²) in [7, 11) is 3.99. The summed E-state index contributed by atoms with van der Waals surface area (Å²) in [4.78, 5) is 17.7. The van der Waals surface area contributed by atoms with Crippen LogP contribution in [0.25, 0.3) is 0 Å². The molecule has 0 fully saturated rings. The van der Waals surface area contributed by atoms with E-state index in [0.29, 0.717) is 5.92 Å². The van der Waals surface area contributed by atoms with Gasteiger partial charge in [0.05, 0.1) is 0 Å². The van der Waals surface area contributed by atoms with Gasteiger partial charge in [-0.05, 0) is 26.4 Å². The van der Waals surface area contributed by atoms with Crippen LogP contribution in [0.5, 0.6) is 0 Å². The van der Waals surface area contributed by atoms with E-state index in [-0.39, 0.29) is 17.8 Å². The Balaban J connectivity index is 2.56. The molecule has 96 valence electrons. The van der Waals surface area contributed by atoms with E-state index < -0.39 is 0 Å². The minimum Gasteiger partial charge on any atom is -0.345 e. The highest BCUT2D eigenvalue weighted by atomic mass is 16.2. The first-order chi connectivity index (χ1) is 7.99. The average Bonchev–Trinajstić information content (AvgIpc) is 2.67. The molecule has 0 radical (unpaired) electrons. The number of hydrogen-bond donors (Lipinski definition) is 2. The van der Waals surface area contributed by atoms with Gasteiger partial charge in [0, 0.05) is 12.6 Å². The molecule has 0 aliphatic heterocycles. The van der Waals surface area contributed by atoms with Gasteiger partial charge in [0.1, 0.15) is 6.33 Å². The first-order valence-electron chi connectivity index (χ1n) is 5.80. The molecule has 1 aromatic heterocycles. The molecule has 17 heavy (non-hydrogen) atoms. The van der Waals surface area contributed by atoms with Crippen LogP contribution in [-0.4, -0.2) is 52.7 Å². The van der Waals surface area contributed by atoms with Gasteiger partial charge in [-0.2, -0.15) is 5.10 Å². The highest BCUT2D eigenvalue weighted by molar-refractivity contribution is 5.90. The fourth-order valence-electron chi connectivity index (χ4n) is 1.76. The Morgan fingerprint density at radius 1 is 1.53 bits per heavy atom. The van der Waals surface area contributed by atoms with Gasteiger partial charge in [-0.15, -0.1) is 0 Å². The second kappa shape index (κ2) is 6.34. The van der Waals surface area contributed by atoms with Crippen LogP contribution in [0.15, 0.2) is 6.33 Å². The number of likely N-dealkylation sites (N-methyl/N-ethyl adjacent to an activating group) is 1. The van der Waals surface area contributed by atoms with Gasteiger partial charge in [0.15, 0.2) is 0 Å². The number of aromatic amines is 1. The molecule has 1 rings (SSSR count). The lowest BCUT2D eigenvalue weighted by atomic mass is 10.0. The number of rotatable bonds is 6. The van der Waals surface area contributed by atoms with Gasteiger partial charge in [0.25, 0.3) is 5.91 Å². The zero-order valence-electron chi connectivity index (χ0n) is 10.9. The molecule has 1 aromatic rings. The molecule has 0 bridgehead atoms. The van der Waals surface area contributed by atoms with Crippen molar-refractivity contribution in [1.29, 1.82) is 0 Å². The maximum Gasteiger partial charge on any atom is 0.288 e. The smallest absolute Gasteiger partial charge is 0.288 e. The fourth-order valence-corrected chi connectivity index (χ4v) is 1.76. The second-order valence-corrected chi connectivity index (χ2v) is 4.90. The Morgan fingerprint density at radius 3 is 2.71 bits per heavy atom. The third-order valence-electron chi connectivity index (χ3n) is 2.31. The van der Waals surface area contributed by atoms with Gasteiger partial charge < -0.3 is 10.2 Å². The number of carbonyl (C=O) groups is 1. The van der Waals surface area contributed by atoms with Gasteiger partial charge >= 0.3 is 0 Å². The summed E-state index contributed by atoms with van der Waals surface area (Å²) in [6.07, 6.45) is 2.27. The number of nitrogens with one attached hydrogen (secondary N) is 2. The third-order valence-corrected chi connectivity index (χ3v) is 2.31. The molecule has 1 atom stereocenters. The van der Waals surface area contributed by atoms with E-state index in [9.17, 15) is 4.79 Å². The predicted molar refractivity (Wildman–Crippen MR) is 65.6 cm³/mol. The van der Waals surface area contributed by atoms with Gasteiger partial charge in [-0.25, -0.2) is 4.98 Å². The molecule has 0 saturated heterocycles. The van der Waals surface area contributed by atoms with E-state index in [2.05, 4.69) is 39.2 Å². The van der Waals surface area contributed by atoms with Gasteiger partial charge in [-0.3, -0.25) is 9.89 Å². The Hall–Kier alpha value is -1.43. The predicted octanol–water partition coefficient (Wildman–Crippen LogP) is 0.511. The summed E-state index contributed by atoms with van der Waals surface area (Å²) in [5, 5.41) is 9.19. The Labute approximate surface area is 102 Å². The van der Waals surface area contributed by atoms with Crippen molar-refractivity contribution in [2.45, 2.75) is 26.3 Å². The molecule has 0 aliphatic carbocycles. The van der Waals surface area contributed by atoms with Gasteiger partial charge in [-0.1, -0.05) is 13.8 Å². The average molecular weight is 239 g/mol. The molecule has 1 unspecified atom stereocenters. The normalized spacial score (nSPS) is 13.1. The van der Waals surface area contributed by atoms with Crippen LogP contribution in [-0.2, 0) is 0 Å². The molecule has 1 heterocycles. The van der Waals surface area contributed by atoms with Crippen molar-refractivity contribution in [2.24, 2.45) is 5.92 Å². The molecular weight excluding hydrogens is 218 g/mol. The molecular formula is C11H21N5O. The summed E-state index contributed by atoms with van der Waals surface area (Å²) in [5.74, 6) is 0.600. The molecule has 1 amide bonds. The SMILES string of the molecule is CC(C)CC(CN(C)C)NC(=O)c1ncn[nH]1. The van der Waals surface area contributed by atoms with E-state index in [0.717, 1.165) is 13.0 Å². The fraction of sp³-hybridized carbons (Fsp3) is 0.727. The lowest BCUT2D eigenvalue weighted by Gasteiger charge is -2.23. The second-order valence-electron chi connectivity index (χ2n) is 4.90. The van der Waals surface area contributed by atoms with Crippen LogP contribution in [0.4, 0.5) is 0 Å². The number of carbonyl (C=O) groups excluding carboxylic acids is 1. The van der Waals surface area contributed by atoms with Crippen LogP contribution in [0.3, 0.4) is 0 Å². The molecule has 6 heteroatoms. The number of aromatic nitrogens is 3. The van der Waals surface area contributed by atoms with E-state index in [1.807, 2.05) is 14.1 Å². The largest absolute Gasteiger partial charge is 0.345 e. The van der Waals surface area contributed by atoms with E-state index >= 15 is 0 Å². The van der Waals surface area contributed by atoms with E-state index in [4.69, 9.17) is 0 Å². The van der Waals surface area contributed by atoms with Crippen molar-refractivity contribution in [3.63, 3.8) is 0 Å². The van der Waals surface area contributed by atoms with Crippen molar-refractivity contribution in [3.05, 3.63) is 12.2 Å². The zero-order valence-corrected chi connectivity index (χ0v) is 10.9. The van der Waals surface area contributed by atoms with E-state index in [1.165, 1.54) is 6.33 Å². The van der Waals surface area contributed by atoms with Gasteiger partial charge in [0.2, 0.25) is 5.82 Å². The molecule has 0 saturated carbocycles.